The highest BCUT2D eigenvalue weighted by atomic mass is 16.6. The normalized spacial score (nSPS) is 14.4. The molecule has 0 saturated carbocycles. The summed E-state index contributed by atoms with van der Waals surface area (Å²) in [5.41, 5.74) is 2.83. The molecule has 7 nitrogen and oxygen atoms in total. The van der Waals surface area contributed by atoms with Gasteiger partial charge in [-0.2, -0.15) is 5.10 Å². The highest BCUT2D eigenvalue weighted by Gasteiger charge is 2.21. The second-order valence-corrected chi connectivity index (χ2v) is 8.34. The molecule has 0 fully saturated rings. The highest BCUT2D eigenvalue weighted by molar-refractivity contribution is 6.06. The van der Waals surface area contributed by atoms with E-state index in [9.17, 15) is 4.79 Å². The number of aromatic nitrogens is 3. The van der Waals surface area contributed by atoms with Crippen molar-refractivity contribution in [2.75, 3.05) is 13.2 Å². The molecule has 7 heteroatoms. The first-order valence-electron chi connectivity index (χ1n) is 10.4. The van der Waals surface area contributed by atoms with Gasteiger partial charge in [0.1, 0.15) is 13.2 Å². The molecule has 0 radical (unpaired) electrons. The fourth-order valence-electron chi connectivity index (χ4n) is 3.39. The van der Waals surface area contributed by atoms with Crippen LogP contribution in [0.2, 0.25) is 0 Å². The lowest BCUT2D eigenvalue weighted by Gasteiger charge is -2.19. The first kappa shape index (κ1) is 20.2. The smallest absolute Gasteiger partial charge is 0.252 e. The van der Waals surface area contributed by atoms with Crippen molar-refractivity contribution in [1.82, 2.24) is 20.1 Å². The molecule has 0 saturated heterocycles. The molecule has 2 aromatic heterocycles. The largest absolute Gasteiger partial charge is 0.486 e. The molecule has 3 heterocycles. The summed E-state index contributed by atoms with van der Waals surface area (Å²) in [4.78, 5) is 18.0. The van der Waals surface area contributed by atoms with Crippen LogP contribution in [0.15, 0.2) is 30.5 Å². The monoisotopic (exact) mass is 408 g/mol. The van der Waals surface area contributed by atoms with Gasteiger partial charge in [0, 0.05) is 17.6 Å². The van der Waals surface area contributed by atoms with Crippen molar-refractivity contribution >= 4 is 16.9 Å². The molecular formula is C23H28N4O3. The van der Waals surface area contributed by atoms with E-state index in [1.807, 2.05) is 49.7 Å². The van der Waals surface area contributed by atoms with Crippen molar-refractivity contribution in [1.29, 1.82) is 0 Å². The topological polar surface area (TPSA) is 78.3 Å². The van der Waals surface area contributed by atoms with Crippen LogP contribution in [0.1, 0.15) is 51.0 Å². The van der Waals surface area contributed by atoms with Crippen molar-refractivity contribution < 1.29 is 14.3 Å². The minimum Gasteiger partial charge on any atom is -0.486 e. The summed E-state index contributed by atoms with van der Waals surface area (Å²) in [6.07, 6.45) is 1.73. The Morgan fingerprint density at radius 1 is 1.07 bits per heavy atom. The average Bonchev–Trinajstić information content (AvgIpc) is 3.16. The fourth-order valence-corrected chi connectivity index (χ4v) is 3.39. The molecule has 1 aromatic carbocycles. The second-order valence-electron chi connectivity index (χ2n) is 8.34. The number of ether oxygens (including phenoxy) is 2. The standard InChI is InChI=1S/C23H28N4O3/c1-13(2)15(5)25-23(28)17-11-19(26-22-18(17)12-24-27(22)14(3)4)16-6-7-20-21(10-16)30-9-8-29-20/h6-7,10-15H,8-9H2,1-5H3,(H,25,28). The van der Waals surface area contributed by atoms with Crippen LogP contribution in [0.3, 0.4) is 0 Å². The van der Waals surface area contributed by atoms with Gasteiger partial charge in [0.05, 0.1) is 22.8 Å². The maximum atomic E-state index is 13.1. The zero-order valence-electron chi connectivity index (χ0n) is 18.1. The van der Waals surface area contributed by atoms with Crippen LogP contribution >= 0.6 is 0 Å². The van der Waals surface area contributed by atoms with Gasteiger partial charge in [-0.05, 0) is 51.0 Å². The molecule has 1 aliphatic rings. The van der Waals surface area contributed by atoms with Crippen molar-refractivity contribution in [3.63, 3.8) is 0 Å². The Labute approximate surface area is 176 Å². The van der Waals surface area contributed by atoms with Crippen LogP contribution < -0.4 is 14.8 Å². The van der Waals surface area contributed by atoms with Gasteiger partial charge in [-0.1, -0.05) is 13.8 Å². The first-order valence-corrected chi connectivity index (χ1v) is 10.4. The lowest BCUT2D eigenvalue weighted by molar-refractivity contribution is 0.0932. The van der Waals surface area contributed by atoms with E-state index in [1.54, 1.807) is 6.20 Å². The van der Waals surface area contributed by atoms with Crippen LogP contribution in [-0.2, 0) is 0 Å². The number of amides is 1. The molecule has 30 heavy (non-hydrogen) atoms. The molecule has 1 N–H and O–H groups in total. The molecule has 1 unspecified atom stereocenters. The fraction of sp³-hybridized carbons (Fsp3) is 0.435. The summed E-state index contributed by atoms with van der Waals surface area (Å²) in [7, 11) is 0. The number of benzene rings is 1. The average molecular weight is 409 g/mol. The summed E-state index contributed by atoms with van der Waals surface area (Å²) < 4.78 is 13.2. The van der Waals surface area contributed by atoms with Gasteiger partial charge in [-0.25, -0.2) is 9.67 Å². The van der Waals surface area contributed by atoms with Gasteiger partial charge in [0.2, 0.25) is 0 Å². The van der Waals surface area contributed by atoms with Gasteiger partial charge in [0.15, 0.2) is 17.1 Å². The molecule has 0 spiro atoms. The molecule has 0 bridgehead atoms. The molecule has 3 aromatic rings. The lowest BCUT2D eigenvalue weighted by Crippen LogP contribution is -2.36. The van der Waals surface area contributed by atoms with Crippen molar-refractivity contribution in [2.24, 2.45) is 5.92 Å². The number of hydrogen-bond donors (Lipinski definition) is 1. The number of carbonyl (C=O) groups excluding carboxylic acids is 1. The van der Waals surface area contributed by atoms with Gasteiger partial charge in [-0.3, -0.25) is 4.79 Å². The molecule has 1 atom stereocenters. The number of pyridine rings is 1. The summed E-state index contributed by atoms with van der Waals surface area (Å²) in [5, 5.41) is 8.34. The number of nitrogens with one attached hydrogen (secondary N) is 1. The predicted molar refractivity (Wildman–Crippen MR) is 116 cm³/mol. The third-order valence-corrected chi connectivity index (χ3v) is 5.50. The van der Waals surface area contributed by atoms with E-state index in [0.29, 0.717) is 41.8 Å². The van der Waals surface area contributed by atoms with E-state index in [-0.39, 0.29) is 18.0 Å². The van der Waals surface area contributed by atoms with Gasteiger partial charge >= 0.3 is 0 Å². The molecule has 0 aliphatic carbocycles. The van der Waals surface area contributed by atoms with Crippen molar-refractivity contribution in [3.05, 3.63) is 36.0 Å². The summed E-state index contributed by atoms with van der Waals surface area (Å²) in [6, 6.07) is 7.75. The molecule has 1 aliphatic heterocycles. The maximum absolute atomic E-state index is 13.1. The van der Waals surface area contributed by atoms with E-state index in [1.165, 1.54) is 0 Å². The molecule has 158 valence electrons. The van der Waals surface area contributed by atoms with E-state index >= 15 is 0 Å². The predicted octanol–water partition coefficient (Wildman–Crippen LogP) is 4.22. The summed E-state index contributed by atoms with van der Waals surface area (Å²) >= 11 is 0. The van der Waals surface area contributed by atoms with Crippen molar-refractivity contribution in [2.45, 2.75) is 46.7 Å². The zero-order chi connectivity index (χ0) is 21.4. The Balaban J connectivity index is 1.84. The van der Waals surface area contributed by atoms with Crippen LogP contribution in [0.4, 0.5) is 0 Å². The molecule has 1 amide bonds. The summed E-state index contributed by atoms with van der Waals surface area (Å²) in [5.74, 6) is 1.63. The molecule has 4 rings (SSSR count). The highest BCUT2D eigenvalue weighted by Crippen LogP contribution is 2.35. The Morgan fingerprint density at radius 2 is 1.80 bits per heavy atom. The SMILES string of the molecule is CC(C)C(C)NC(=O)c1cc(-c2ccc3c(c2)OCCO3)nc2c1cnn2C(C)C. The quantitative estimate of drug-likeness (QED) is 0.684. The number of nitrogens with zero attached hydrogens (tertiary/aromatic N) is 3. The third kappa shape index (κ3) is 3.72. The Hall–Kier alpha value is -3.09. The number of rotatable bonds is 5. The van der Waals surface area contributed by atoms with Crippen LogP contribution in [0.5, 0.6) is 11.5 Å². The van der Waals surface area contributed by atoms with E-state index in [0.717, 1.165) is 16.7 Å². The maximum Gasteiger partial charge on any atom is 0.252 e. The van der Waals surface area contributed by atoms with Gasteiger partial charge in [-0.15, -0.1) is 0 Å². The number of fused-ring (bicyclic) bond motifs is 2. The van der Waals surface area contributed by atoms with Gasteiger partial charge < -0.3 is 14.8 Å². The minimum absolute atomic E-state index is 0.0543. The Morgan fingerprint density at radius 3 is 2.50 bits per heavy atom. The van der Waals surface area contributed by atoms with Crippen LogP contribution in [0, 0.1) is 5.92 Å². The zero-order valence-corrected chi connectivity index (χ0v) is 18.1. The first-order chi connectivity index (χ1) is 14.3. The second kappa shape index (κ2) is 7.97. The Bertz CT molecular complexity index is 1090. The summed E-state index contributed by atoms with van der Waals surface area (Å²) in [6.45, 7) is 11.3. The minimum atomic E-state index is -0.120. The van der Waals surface area contributed by atoms with E-state index in [2.05, 4.69) is 24.3 Å². The Kier molecular flexibility index (Phi) is 5.37. The lowest BCUT2D eigenvalue weighted by atomic mass is 10.0. The van der Waals surface area contributed by atoms with E-state index in [4.69, 9.17) is 14.5 Å². The van der Waals surface area contributed by atoms with Crippen molar-refractivity contribution in [3.8, 4) is 22.8 Å². The van der Waals surface area contributed by atoms with E-state index < -0.39 is 0 Å². The number of carbonyl (C=O) groups is 1. The van der Waals surface area contributed by atoms with Gasteiger partial charge in [0.25, 0.3) is 5.91 Å². The van der Waals surface area contributed by atoms with Crippen LogP contribution in [-0.4, -0.2) is 39.9 Å². The molecular weight excluding hydrogens is 380 g/mol. The third-order valence-electron chi connectivity index (χ3n) is 5.50. The number of hydrogen-bond acceptors (Lipinski definition) is 5. The van der Waals surface area contributed by atoms with Crippen LogP contribution in [0.25, 0.3) is 22.3 Å².